The van der Waals surface area contributed by atoms with Crippen molar-refractivity contribution in [3.8, 4) is 11.5 Å². The summed E-state index contributed by atoms with van der Waals surface area (Å²) in [6, 6.07) is 11.1. The van der Waals surface area contributed by atoms with Gasteiger partial charge in [-0.05, 0) is 42.2 Å². The average Bonchev–Trinajstić information content (AvgIpc) is 2.55. The van der Waals surface area contributed by atoms with Gasteiger partial charge < -0.3 is 18.8 Å². The molecule has 0 aliphatic rings. The number of halogens is 2. The molecule has 0 saturated carbocycles. The lowest BCUT2D eigenvalue weighted by Crippen LogP contribution is -2.34. The molecule has 2 rings (SSSR count). The molecule has 0 saturated heterocycles. The predicted octanol–water partition coefficient (Wildman–Crippen LogP) is 3.75. The Balaban J connectivity index is 1.84. The lowest BCUT2D eigenvalue weighted by Gasteiger charge is -2.12. The number of ether oxygens (including phenoxy) is 2. The van der Waals surface area contributed by atoms with Crippen LogP contribution in [0.25, 0.3) is 0 Å². The first-order chi connectivity index (χ1) is 11.5. The molecular weight excluding hydrogens is 350 g/mol. The summed E-state index contributed by atoms with van der Waals surface area (Å²) in [6.45, 7) is 2.63. The van der Waals surface area contributed by atoms with E-state index in [1.165, 1.54) is 0 Å². The Kier molecular flexibility index (Phi) is 7.25. The van der Waals surface area contributed by atoms with E-state index in [0.717, 1.165) is 16.8 Å². The molecule has 0 fully saturated rings. The van der Waals surface area contributed by atoms with Crippen molar-refractivity contribution < 1.29 is 18.8 Å². The Hall–Kier alpha value is -1.40. The van der Waals surface area contributed by atoms with E-state index in [4.69, 9.17) is 42.0 Å². The molecule has 0 spiro atoms. The van der Waals surface area contributed by atoms with Gasteiger partial charge in [0.25, 0.3) is 0 Å². The Morgan fingerprint density at radius 3 is 1.96 bits per heavy atom. The SMILES string of the molecule is COB(OC)c1ccc(OCCOc2c(Cl)cc(C)cc2Cl)cc1. The smallest absolute Gasteiger partial charge is 0.490 e. The van der Waals surface area contributed by atoms with Gasteiger partial charge in [-0.3, -0.25) is 0 Å². The van der Waals surface area contributed by atoms with Crippen LogP contribution >= 0.6 is 23.2 Å². The summed E-state index contributed by atoms with van der Waals surface area (Å²) >= 11 is 12.3. The molecule has 0 unspecified atom stereocenters. The Morgan fingerprint density at radius 2 is 1.42 bits per heavy atom. The van der Waals surface area contributed by atoms with Crippen LogP contribution in [0.4, 0.5) is 0 Å². The zero-order valence-corrected chi connectivity index (χ0v) is 15.4. The highest BCUT2D eigenvalue weighted by atomic mass is 35.5. The highest BCUT2D eigenvalue weighted by Gasteiger charge is 2.17. The third kappa shape index (κ3) is 5.05. The maximum absolute atomic E-state index is 6.13. The predicted molar refractivity (Wildman–Crippen MR) is 98.0 cm³/mol. The minimum absolute atomic E-state index is 0.336. The quantitative estimate of drug-likeness (QED) is 0.525. The van der Waals surface area contributed by atoms with Crippen LogP contribution < -0.4 is 14.9 Å². The number of benzene rings is 2. The Bertz CT molecular complexity index is 637. The van der Waals surface area contributed by atoms with Crippen LogP contribution in [-0.2, 0) is 9.31 Å². The highest BCUT2D eigenvalue weighted by Crippen LogP contribution is 2.33. The minimum Gasteiger partial charge on any atom is -0.490 e. The van der Waals surface area contributed by atoms with Crippen molar-refractivity contribution in [3.05, 3.63) is 52.0 Å². The molecule has 2 aromatic rings. The van der Waals surface area contributed by atoms with Gasteiger partial charge in [-0.25, -0.2) is 0 Å². The Labute approximate surface area is 152 Å². The van der Waals surface area contributed by atoms with Crippen molar-refractivity contribution in [2.75, 3.05) is 27.4 Å². The Morgan fingerprint density at radius 1 is 0.875 bits per heavy atom. The second-order valence-electron chi connectivity index (χ2n) is 5.13. The lowest BCUT2D eigenvalue weighted by molar-refractivity contribution is 0.217. The van der Waals surface area contributed by atoms with E-state index in [0.29, 0.717) is 29.0 Å². The summed E-state index contributed by atoms with van der Waals surface area (Å²) < 4.78 is 21.6. The van der Waals surface area contributed by atoms with Crippen LogP contribution in [0.15, 0.2) is 36.4 Å². The molecular formula is C17H19BCl2O4. The summed E-state index contributed by atoms with van der Waals surface area (Å²) in [7, 11) is 2.81. The fourth-order valence-corrected chi connectivity index (χ4v) is 2.92. The highest BCUT2D eigenvalue weighted by molar-refractivity contribution is 6.61. The number of hydrogen-bond acceptors (Lipinski definition) is 4. The number of aryl methyl sites for hydroxylation is 1. The van der Waals surface area contributed by atoms with Crippen LogP contribution in [0.2, 0.25) is 10.0 Å². The van der Waals surface area contributed by atoms with E-state index in [-0.39, 0.29) is 7.12 Å². The van der Waals surface area contributed by atoms with Gasteiger partial charge in [0.1, 0.15) is 19.0 Å². The van der Waals surface area contributed by atoms with Crippen molar-refractivity contribution in [2.24, 2.45) is 0 Å². The zero-order chi connectivity index (χ0) is 17.5. The molecule has 0 atom stereocenters. The van der Waals surface area contributed by atoms with Crippen molar-refractivity contribution >= 4 is 35.8 Å². The van der Waals surface area contributed by atoms with Gasteiger partial charge >= 0.3 is 7.12 Å². The van der Waals surface area contributed by atoms with Crippen molar-refractivity contribution in [3.63, 3.8) is 0 Å². The van der Waals surface area contributed by atoms with Gasteiger partial charge in [0.15, 0.2) is 5.75 Å². The van der Waals surface area contributed by atoms with Crippen molar-refractivity contribution in [2.45, 2.75) is 6.92 Å². The van der Waals surface area contributed by atoms with E-state index in [1.54, 1.807) is 14.2 Å². The fourth-order valence-electron chi connectivity index (χ4n) is 2.22. The standard InChI is InChI=1S/C17H19BCl2O4/c1-12-10-15(19)17(16(20)11-12)24-9-8-23-14-6-4-13(5-7-14)18(21-2)22-3/h4-7,10-11H,8-9H2,1-3H3. The van der Waals surface area contributed by atoms with Gasteiger partial charge in [-0.1, -0.05) is 35.3 Å². The molecule has 128 valence electrons. The second-order valence-corrected chi connectivity index (χ2v) is 5.94. The summed E-state index contributed by atoms with van der Waals surface area (Å²) in [6.07, 6.45) is 0. The molecule has 0 heterocycles. The van der Waals surface area contributed by atoms with Crippen LogP contribution in [0.1, 0.15) is 5.56 Å². The third-order valence-corrected chi connectivity index (χ3v) is 3.88. The fraction of sp³-hybridized carbons (Fsp3) is 0.294. The molecule has 0 aliphatic heterocycles. The molecule has 0 amide bonds. The largest absolute Gasteiger partial charge is 0.493 e. The maximum atomic E-state index is 6.13. The number of hydrogen-bond donors (Lipinski definition) is 0. The van der Waals surface area contributed by atoms with E-state index in [1.807, 2.05) is 43.3 Å². The molecule has 0 aromatic heterocycles. The normalized spacial score (nSPS) is 10.5. The van der Waals surface area contributed by atoms with Crippen LogP contribution in [0, 0.1) is 6.92 Å². The van der Waals surface area contributed by atoms with E-state index >= 15 is 0 Å². The molecule has 4 nitrogen and oxygen atoms in total. The molecule has 0 radical (unpaired) electrons. The van der Waals surface area contributed by atoms with Gasteiger partial charge in [0.05, 0.1) is 10.0 Å². The van der Waals surface area contributed by atoms with Crippen LogP contribution in [0.5, 0.6) is 11.5 Å². The van der Waals surface area contributed by atoms with Crippen molar-refractivity contribution in [1.29, 1.82) is 0 Å². The van der Waals surface area contributed by atoms with Gasteiger partial charge in [0.2, 0.25) is 0 Å². The monoisotopic (exact) mass is 368 g/mol. The zero-order valence-electron chi connectivity index (χ0n) is 13.8. The summed E-state index contributed by atoms with van der Waals surface area (Å²) in [5, 5.41) is 0.990. The molecule has 0 bridgehead atoms. The maximum Gasteiger partial charge on any atom is 0.493 e. The molecule has 2 aromatic carbocycles. The topological polar surface area (TPSA) is 36.9 Å². The third-order valence-electron chi connectivity index (χ3n) is 3.32. The number of rotatable bonds is 8. The summed E-state index contributed by atoms with van der Waals surface area (Å²) in [4.78, 5) is 0. The van der Waals surface area contributed by atoms with E-state index in [9.17, 15) is 0 Å². The molecule has 7 heteroatoms. The first-order valence-electron chi connectivity index (χ1n) is 7.42. The molecule has 0 aliphatic carbocycles. The second kappa shape index (κ2) is 9.18. The van der Waals surface area contributed by atoms with Crippen molar-refractivity contribution in [1.82, 2.24) is 0 Å². The summed E-state index contributed by atoms with van der Waals surface area (Å²) in [5.41, 5.74) is 1.90. The molecule has 24 heavy (non-hydrogen) atoms. The van der Waals surface area contributed by atoms with Gasteiger partial charge in [-0.2, -0.15) is 0 Å². The first-order valence-corrected chi connectivity index (χ1v) is 8.17. The van der Waals surface area contributed by atoms with Crippen LogP contribution in [0.3, 0.4) is 0 Å². The van der Waals surface area contributed by atoms with Crippen LogP contribution in [-0.4, -0.2) is 34.6 Å². The van der Waals surface area contributed by atoms with E-state index in [2.05, 4.69) is 0 Å². The lowest BCUT2D eigenvalue weighted by atomic mass is 9.79. The minimum atomic E-state index is -0.381. The summed E-state index contributed by atoms with van der Waals surface area (Å²) in [5.74, 6) is 1.21. The van der Waals surface area contributed by atoms with Gasteiger partial charge in [-0.15, -0.1) is 0 Å². The average molecular weight is 369 g/mol. The molecule has 0 N–H and O–H groups in total. The first kappa shape index (κ1) is 18.9. The van der Waals surface area contributed by atoms with Gasteiger partial charge in [0, 0.05) is 14.2 Å². The van der Waals surface area contributed by atoms with E-state index < -0.39 is 0 Å².